The van der Waals surface area contributed by atoms with Gasteiger partial charge in [-0.15, -0.1) is 0 Å². The van der Waals surface area contributed by atoms with E-state index in [0.29, 0.717) is 16.7 Å². The Balaban J connectivity index is 1.50. The second-order valence-electron chi connectivity index (χ2n) is 10.4. The Morgan fingerprint density at radius 2 is 2.00 bits per heavy atom. The van der Waals surface area contributed by atoms with Crippen molar-refractivity contribution >= 4 is 6.21 Å². The fraction of sp³-hybridized carbons (Fsp3) is 0.720. The first-order valence-electron chi connectivity index (χ1n) is 11.5. The largest absolute Gasteiger partial charge is 0.393 e. The fourth-order valence-electron chi connectivity index (χ4n) is 7.74. The Bertz CT molecular complexity index is 765. The number of allylic oxidation sites excluding steroid dienone is 3. The van der Waals surface area contributed by atoms with Crippen LogP contribution in [0.2, 0.25) is 0 Å². The minimum absolute atomic E-state index is 0.116. The van der Waals surface area contributed by atoms with Gasteiger partial charge in [-0.1, -0.05) is 38.5 Å². The molecule has 0 saturated heterocycles. The highest BCUT2D eigenvalue weighted by Crippen LogP contribution is 2.66. The number of rotatable bonds is 2. The van der Waals surface area contributed by atoms with E-state index in [2.05, 4.69) is 49.0 Å². The number of hydrogen-bond acceptors (Lipinski definition) is 3. The number of hydrogen-bond donors (Lipinski definition) is 1. The molecule has 3 nitrogen and oxygen atoms in total. The summed E-state index contributed by atoms with van der Waals surface area (Å²) in [6.07, 6.45) is 19.4. The first-order chi connectivity index (χ1) is 13.5. The number of aliphatic hydroxyl groups is 1. The molecule has 0 radical (unpaired) electrons. The first-order valence-corrected chi connectivity index (χ1v) is 11.5. The summed E-state index contributed by atoms with van der Waals surface area (Å²) in [6.45, 7) is 8.37. The van der Waals surface area contributed by atoms with E-state index in [1.807, 2.05) is 12.4 Å². The van der Waals surface area contributed by atoms with Crippen LogP contribution < -0.4 is 0 Å². The van der Waals surface area contributed by atoms with Gasteiger partial charge >= 0.3 is 0 Å². The first kappa shape index (κ1) is 18.7. The summed E-state index contributed by atoms with van der Waals surface area (Å²) in [6, 6.07) is 0. The van der Waals surface area contributed by atoms with Crippen LogP contribution in [0.3, 0.4) is 0 Å². The lowest BCUT2D eigenvalue weighted by Crippen LogP contribution is -2.53. The van der Waals surface area contributed by atoms with Gasteiger partial charge in [0.15, 0.2) is 0 Å². The van der Waals surface area contributed by atoms with Gasteiger partial charge in [0.1, 0.15) is 0 Å². The zero-order chi connectivity index (χ0) is 19.5. The summed E-state index contributed by atoms with van der Waals surface area (Å²) in [5.74, 6) is 2.99. The van der Waals surface area contributed by atoms with E-state index in [1.54, 1.807) is 11.3 Å². The summed E-state index contributed by atoms with van der Waals surface area (Å²) < 4.78 is 0. The van der Waals surface area contributed by atoms with Crippen LogP contribution in [-0.2, 0) is 0 Å². The molecular formula is C25H36N2O. The molecule has 0 aromatic rings. The zero-order valence-corrected chi connectivity index (χ0v) is 17.8. The minimum Gasteiger partial charge on any atom is -0.393 e. The van der Waals surface area contributed by atoms with E-state index in [4.69, 9.17) is 0 Å². The summed E-state index contributed by atoms with van der Waals surface area (Å²) in [5, 5.41) is 10.3. The smallest absolute Gasteiger partial charge is 0.0577 e. The topological polar surface area (TPSA) is 35.8 Å². The van der Waals surface area contributed by atoms with Crippen molar-refractivity contribution in [1.82, 2.24) is 4.90 Å². The lowest BCUT2D eigenvalue weighted by atomic mass is 9.45. The summed E-state index contributed by atoms with van der Waals surface area (Å²) in [7, 11) is 0. The maximum atomic E-state index is 10.3. The van der Waals surface area contributed by atoms with E-state index < -0.39 is 0 Å². The van der Waals surface area contributed by atoms with E-state index in [-0.39, 0.29) is 6.10 Å². The molecule has 1 aliphatic heterocycles. The summed E-state index contributed by atoms with van der Waals surface area (Å²) in [4.78, 5) is 6.72. The summed E-state index contributed by atoms with van der Waals surface area (Å²) in [5.41, 5.74) is 3.74. The lowest BCUT2D eigenvalue weighted by molar-refractivity contribution is -0.0559. The van der Waals surface area contributed by atoms with Crippen molar-refractivity contribution in [2.45, 2.75) is 71.8 Å². The van der Waals surface area contributed by atoms with Crippen molar-refractivity contribution in [1.29, 1.82) is 0 Å². The minimum atomic E-state index is -0.116. The number of fused-ring (bicyclic) bond motifs is 5. The number of aliphatic imine (C=N–C) groups is 1. The molecule has 0 spiro atoms. The fourth-order valence-corrected chi connectivity index (χ4v) is 7.74. The molecule has 0 bridgehead atoms. The van der Waals surface area contributed by atoms with Gasteiger partial charge in [-0.3, -0.25) is 4.99 Å². The molecule has 1 heterocycles. The van der Waals surface area contributed by atoms with Crippen LogP contribution in [0.1, 0.15) is 65.7 Å². The molecule has 1 N–H and O–H groups in total. The Hall–Kier alpha value is -1.35. The molecule has 28 heavy (non-hydrogen) atoms. The van der Waals surface area contributed by atoms with E-state index in [1.165, 1.54) is 32.1 Å². The second-order valence-corrected chi connectivity index (χ2v) is 10.4. The maximum Gasteiger partial charge on any atom is 0.0577 e. The van der Waals surface area contributed by atoms with Crippen molar-refractivity contribution in [3.05, 3.63) is 35.8 Å². The predicted molar refractivity (Wildman–Crippen MR) is 115 cm³/mol. The van der Waals surface area contributed by atoms with Gasteiger partial charge in [-0.25, -0.2) is 0 Å². The standard InChI is InChI=1S/C25H36N2O/c1-4-17-15-18-16-19(28)7-9-24(18,2)21-8-10-25(3)20(23(17)21)5-6-22(25)27-13-11-26-12-14-27/h6,11-13,15,17,19-21,23,28H,4-5,7-10,14,16H2,1-3H3/t17?,19-,20-,21-,23-,24-,25-/m0/s1. The Morgan fingerprint density at radius 1 is 1.18 bits per heavy atom. The van der Waals surface area contributed by atoms with Gasteiger partial charge in [0.05, 0.1) is 12.6 Å². The molecule has 7 atom stereocenters. The third kappa shape index (κ3) is 2.54. The molecule has 2 fully saturated rings. The highest BCUT2D eigenvalue weighted by atomic mass is 16.3. The SMILES string of the molecule is CCC1C=C2C[C@@H](O)CC[C@]2(C)[C@H]2CC[C@]3(C)C(N4C=CN=CC4)=CC[C@H]3[C@H]12. The molecule has 3 heteroatoms. The van der Waals surface area contributed by atoms with Gasteiger partial charge in [0.2, 0.25) is 0 Å². The van der Waals surface area contributed by atoms with Crippen molar-refractivity contribution in [2.24, 2.45) is 39.5 Å². The van der Waals surface area contributed by atoms with Crippen molar-refractivity contribution in [2.75, 3.05) is 6.54 Å². The molecule has 152 valence electrons. The quantitative estimate of drug-likeness (QED) is 0.660. The maximum absolute atomic E-state index is 10.3. The Kier molecular flexibility index (Phi) is 4.39. The van der Waals surface area contributed by atoms with E-state index in [9.17, 15) is 5.11 Å². The average Bonchev–Trinajstić information content (AvgIpc) is 3.06. The summed E-state index contributed by atoms with van der Waals surface area (Å²) >= 11 is 0. The van der Waals surface area contributed by atoms with Crippen molar-refractivity contribution in [3.63, 3.8) is 0 Å². The number of nitrogens with zero attached hydrogens (tertiary/aromatic N) is 2. The van der Waals surface area contributed by atoms with E-state index >= 15 is 0 Å². The highest BCUT2D eigenvalue weighted by molar-refractivity contribution is 5.62. The Labute approximate surface area is 170 Å². The van der Waals surface area contributed by atoms with Gasteiger partial charge in [0, 0.05) is 29.7 Å². The van der Waals surface area contributed by atoms with Crippen LogP contribution >= 0.6 is 0 Å². The van der Waals surface area contributed by atoms with Gasteiger partial charge in [-0.2, -0.15) is 0 Å². The van der Waals surface area contributed by atoms with Crippen LogP contribution in [-0.4, -0.2) is 28.9 Å². The molecule has 0 aromatic carbocycles. The third-order valence-corrected chi connectivity index (χ3v) is 9.28. The van der Waals surface area contributed by atoms with Crippen LogP contribution in [0, 0.1) is 34.5 Å². The number of aliphatic hydroxyl groups excluding tert-OH is 1. The second kappa shape index (κ2) is 6.58. The van der Waals surface area contributed by atoms with Crippen molar-refractivity contribution < 1.29 is 5.11 Å². The van der Waals surface area contributed by atoms with Gasteiger partial charge in [0.25, 0.3) is 0 Å². The molecule has 4 aliphatic carbocycles. The van der Waals surface area contributed by atoms with Gasteiger partial charge < -0.3 is 10.0 Å². The normalized spacial score (nSPS) is 47.1. The van der Waals surface area contributed by atoms with Gasteiger partial charge in [-0.05, 0) is 74.0 Å². The molecular weight excluding hydrogens is 344 g/mol. The van der Waals surface area contributed by atoms with Crippen LogP contribution in [0.5, 0.6) is 0 Å². The van der Waals surface area contributed by atoms with Crippen LogP contribution in [0.4, 0.5) is 0 Å². The van der Waals surface area contributed by atoms with E-state index in [0.717, 1.165) is 37.1 Å². The molecule has 1 unspecified atom stereocenters. The van der Waals surface area contributed by atoms with Crippen LogP contribution in [0.25, 0.3) is 0 Å². The Morgan fingerprint density at radius 3 is 2.75 bits per heavy atom. The van der Waals surface area contributed by atoms with Crippen LogP contribution in [0.15, 0.2) is 40.8 Å². The zero-order valence-electron chi connectivity index (χ0n) is 17.8. The highest BCUT2D eigenvalue weighted by Gasteiger charge is 2.59. The molecule has 2 saturated carbocycles. The molecule has 5 rings (SSSR count). The predicted octanol–water partition coefficient (Wildman–Crippen LogP) is 5.30. The van der Waals surface area contributed by atoms with Crippen molar-refractivity contribution in [3.8, 4) is 0 Å². The molecule has 0 aromatic heterocycles. The molecule has 5 aliphatic rings. The lowest BCUT2D eigenvalue weighted by Gasteiger charge is -2.60. The molecule has 0 amide bonds. The third-order valence-electron chi connectivity index (χ3n) is 9.28. The average molecular weight is 381 g/mol. The monoisotopic (exact) mass is 380 g/mol.